The van der Waals surface area contributed by atoms with Crippen LogP contribution in [-0.4, -0.2) is 33.3 Å². The van der Waals surface area contributed by atoms with Crippen molar-refractivity contribution in [1.29, 1.82) is 0 Å². The number of rotatable bonds is 7. The largest absolute Gasteiger partial charge is 0.490 e. The lowest BCUT2D eigenvalue weighted by atomic mass is 9.83. The second-order valence-electron chi connectivity index (χ2n) is 9.53. The fraction of sp³-hybridized carbons (Fsp3) is 0.444. The van der Waals surface area contributed by atoms with E-state index in [0.29, 0.717) is 12.0 Å². The quantitative estimate of drug-likeness (QED) is 0.382. The second-order valence-corrected chi connectivity index (χ2v) is 10.5. The maximum atomic E-state index is 6.18. The van der Waals surface area contributed by atoms with E-state index < -0.39 is 0 Å². The third-order valence-electron chi connectivity index (χ3n) is 7.37. The highest BCUT2D eigenvalue weighted by Crippen LogP contribution is 2.38. The predicted octanol–water partition coefficient (Wildman–Crippen LogP) is 5.74. The molecule has 1 aromatic carbocycles. The van der Waals surface area contributed by atoms with Crippen molar-refractivity contribution in [1.82, 2.24) is 19.4 Å². The van der Waals surface area contributed by atoms with Crippen molar-refractivity contribution >= 4 is 21.6 Å². The molecule has 4 aromatic rings. The maximum absolute atomic E-state index is 6.18. The Morgan fingerprint density at radius 2 is 1.91 bits per heavy atom. The van der Waals surface area contributed by atoms with Gasteiger partial charge in [-0.3, -0.25) is 0 Å². The summed E-state index contributed by atoms with van der Waals surface area (Å²) in [6.45, 7) is 3.04. The molecule has 3 aromatic heterocycles. The first kappa shape index (κ1) is 21.0. The number of aryl methyl sites for hydroxylation is 3. The van der Waals surface area contributed by atoms with Crippen LogP contribution in [0.5, 0.6) is 5.75 Å². The molecule has 2 fully saturated rings. The van der Waals surface area contributed by atoms with Gasteiger partial charge in [0, 0.05) is 25.7 Å². The zero-order valence-corrected chi connectivity index (χ0v) is 20.1. The molecule has 1 aliphatic heterocycles. The van der Waals surface area contributed by atoms with Crippen LogP contribution in [-0.2, 0) is 20.0 Å². The van der Waals surface area contributed by atoms with Crippen LogP contribution < -0.4 is 10.1 Å². The Bertz CT molecular complexity index is 1230. The molecule has 0 amide bonds. The highest BCUT2D eigenvalue weighted by molar-refractivity contribution is 7.17. The van der Waals surface area contributed by atoms with E-state index in [9.17, 15) is 0 Å². The molecule has 33 heavy (non-hydrogen) atoms. The maximum Gasteiger partial charge on any atom is 0.157 e. The van der Waals surface area contributed by atoms with Gasteiger partial charge in [-0.05, 0) is 80.4 Å². The monoisotopic (exact) mass is 460 g/mol. The third kappa shape index (κ3) is 4.22. The van der Waals surface area contributed by atoms with E-state index in [1.165, 1.54) is 46.4 Å². The van der Waals surface area contributed by atoms with Crippen LogP contribution in [0.3, 0.4) is 0 Å². The van der Waals surface area contributed by atoms with E-state index in [0.717, 1.165) is 50.5 Å². The van der Waals surface area contributed by atoms with Gasteiger partial charge < -0.3 is 19.2 Å². The van der Waals surface area contributed by atoms with Crippen molar-refractivity contribution in [2.24, 2.45) is 7.05 Å². The van der Waals surface area contributed by atoms with Crippen LogP contribution in [0.25, 0.3) is 21.7 Å². The number of thiophene rings is 1. The van der Waals surface area contributed by atoms with Crippen molar-refractivity contribution in [3.05, 3.63) is 59.2 Å². The van der Waals surface area contributed by atoms with Crippen LogP contribution in [0, 0.1) is 0 Å². The first-order chi connectivity index (χ1) is 16.2. The summed E-state index contributed by atoms with van der Waals surface area (Å²) in [5.74, 6) is 2.73. The van der Waals surface area contributed by atoms with Crippen LogP contribution in [0.15, 0.2) is 48.0 Å². The molecule has 0 bridgehead atoms. The van der Waals surface area contributed by atoms with Crippen molar-refractivity contribution < 1.29 is 4.74 Å². The molecule has 0 radical (unpaired) electrons. The number of aromatic nitrogens is 3. The summed E-state index contributed by atoms with van der Waals surface area (Å²) in [4.78, 5) is 5.15. The number of nitrogens with one attached hydrogen (secondary N) is 1. The Kier molecular flexibility index (Phi) is 5.72. The number of hydrogen-bond donors (Lipinski definition) is 1. The Hall–Kier alpha value is -2.57. The molecule has 1 saturated carbocycles. The highest BCUT2D eigenvalue weighted by Gasteiger charge is 2.25. The fourth-order valence-electron chi connectivity index (χ4n) is 5.07. The van der Waals surface area contributed by atoms with Gasteiger partial charge in [-0.15, -0.1) is 11.3 Å². The summed E-state index contributed by atoms with van der Waals surface area (Å²) >= 11 is 1.80. The lowest BCUT2D eigenvalue weighted by molar-refractivity contribution is 0.162. The van der Waals surface area contributed by atoms with Crippen LogP contribution in [0.4, 0.5) is 0 Å². The standard InChI is InChI=1S/C27H32N4OS/c1-30-24-12-16-33-26(24)17-25(30)27-29-23(20-3-2-4-20)18-31(27)15-11-19-5-7-21(8-6-19)32-22-9-13-28-14-10-22/h5-8,12,16-18,20,22,28H,2-4,9-11,13-15H2,1H3. The zero-order valence-electron chi connectivity index (χ0n) is 19.3. The fourth-order valence-corrected chi connectivity index (χ4v) is 5.92. The Morgan fingerprint density at radius 1 is 1.09 bits per heavy atom. The molecular weight excluding hydrogens is 428 g/mol. The van der Waals surface area contributed by atoms with Gasteiger partial charge >= 0.3 is 0 Å². The molecule has 4 heterocycles. The molecule has 6 rings (SSSR count). The summed E-state index contributed by atoms with van der Waals surface area (Å²) in [7, 11) is 2.16. The molecule has 5 nitrogen and oxygen atoms in total. The molecule has 2 aliphatic rings. The molecule has 0 unspecified atom stereocenters. The number of fused-ring (bicyclic) bond motifs is 1. The van der Waals surface area contributed by atoms with Gasteiger partial charge in [0.25, 0.3) is 0 Å². The zero-order chi connectivity index (χ0) is 22.2. The number of benzene rings is 1. The van der Waals surface area contributed by atoms with Crippen molar-refractivity contribution in [2.45, 2.75) is 57.1 Å². The van der Waals surface area contributed by atoms with Crippen molar-refractivity contribution in [3.8, 4) is 17.3 Å². The summed E-state index contributed by atoms with van der Waals surface area (Å²) in [6.07, 6.45) is 9.70. The van der Waals surface area contributed by atoms with Gasteiger partial charge in [0.1, 0.15) is 11.9 Å². The van der Waals surface area contributed by atoms with Gasteiger partial charge in [-0.2, -0.15) is 0 Å². The Balaban J connectivity index is 1.20. The Morgan fingerprint density at radius 3 is 2.64 bits per heavy atom. The minimum Gasteiger partial charge on any atom is -0.490 e. The van der Waals surface area contributed by atoms with Gasteiger partial charge in [0.05, 0.1) is 21.6 Å². The lowest BCUT2D eigenvalue weighted by Crippen LogP contribution is -2.34. The first-order valence-electron chi connectivity index (χ1n) is 12.3. The molecule has 6 heteroatoms. The molecule has 172 valence electrons. The summed E-state index contributed by atoms with van der Waals surface area (Å²) < 4.78 is 12.2. The van der Waals surface area contributed by atoms with Crippen LogP contribution in [0.2, 0.25) is 0 Å². The lowest BCUT2D eigenvalue weighted by Gasteiger charge is -2.23. The van der Waals surface area contributed by atoms with Gasteiger partial charge in [-0.25, -0.2) is 4.98 Å². The van der Waals surface area contributed by atoms with E-state index in [2.05, 4.69) is 69.5 Å². The first-order valence-corrected chi connectivity index (χ1v) is 13.2. The second kappa shape index (κ2) is 8.99. The third-order valence-corrected chi connectivity index (χ3v) is 8.22. The normalized spacial score (nSPS) is 17.5. The van der Waals surface area contributed by atoms with Crippen LogP contribution >= 0.6 is 11.3 Å². The minimum atomic E-state index is 0.343. The van der Waals surface area contributed by atoms with Gasteiger partial charge in [-0.1, -0.05) is 18.6 Å². The van der Waals surface area contributed by atoms with Crippen molar-refractivity contribution in [3.63, 3.8) is 0 Å². The SMILES string of the molecule is Cn1c(-c2nc(C3CCC3)cn2CCc2ccc(OC3CCNCC3)cc2)cc2sccc21. The predicted molar refractivity (Wildman–Crippen MR) is 135 cm³/mol. The molecule has 1 aliphatic carbocycles. The summed E-state index contributed by atoms with van der Waals surface area (Å²) in [5.41, 5.74) is 5.11. The van der Waals surface area contributed by atoms with E-state index in [1.807, 2.05) is 0 Å². The number of piperidine rings is 1. The van der Waals surface area contributed by atoms with Gasteiger partial charge in [0.15, 0.2) is 5.82 Å². The Labute approximate surface area is 199 Å². The van der Waals surface area contributed by atoms with E-state index >= 15 is 0 Å². The summed E-state index contributed by atoms with van der Waals surface area (Å²) in [6, 6.07) is 13.2. The number of nitrogens with zero attached hydrogens (tertiary/aromatic N) is 3. The molecule has 1 N–H and O–H groups in total. The molecular formula is C27H32N4OS. The highest BCUT2D eigenvalue weighted by atomic mass is 32.1. The van der Waals surface area contributed by atoms with Gasteiger partial charge in [0.2, 0.25) is 0 Å². The minimum absolute atomic E-state index is 0.343. The smallest absolute Gasteiger partial charge is 0.157 e. The van der Waals surface area contributed by atoms with Crippen LogP contribution in [0.1, 0.15) is 49.3 Å². The average Bonchev–Trinajstić information content (AvgIpc) is 3.49. The molecule has 0 spiro atoms. The topological polar surface area (TPSA) is 44.0 Å². The molecule has 1 saturated heterocycles. The van der Waals surface area contributed by atoms with E-state index in [-0.39, 0.29) is 0 Å². The van der Waals surface area contributed by atoms with E-state index in [4.69, 9.17) is 9.72 Å². The number of imidazole rings is 1. The van der Waals surface area contributed by atoms with E-state index in [1.54, 1.807) is 11.3 Å². The molecule has 0 atom stereocenters. The number of hydrogen-bond acceptors (Lipinski definition) is 4. The average molecular weight is 461 g/mol. The van der Waals surface area contributed by atoms with Crippen molar-refractivity contribution in [2.75, 3.05) is 13.1 Å². The summed E-state index contributed by atoms with van der Waals surface area (Å²) in [5, 5.41) is 5.56. The number of ether oxygens (including phenoxy) is 1.